The van der Waals surface area contributed by atoms with Crippen molar-refractivity contribution < 1.29 is 19.4 Å². The number of Topliss-reactive ketones (excluding diaryl/α,β-unsaturated/α-hetero) is 1. The van der Waals surface area contributed by atoms with E-state index >= 15 is 0 Å². The van der Waals surface area contributed by atoms with Gasteiger partial charge in [0.1, 0.15) is 11.7 Å². The maximum absolute atomic E-state index is 12.9. The van der Waals surface area contributed by atoms with Gasteiger partial charge in [0.05, 0.1) is 5.92 Å². The van der Waals surface area contributed by atoms with Gasteiger partial charge in [-0.25, -0.2) is 0 Å². The van der Waals surface area contributed by atoms with Crippen LogP contribution in [-0.4, -0.2) is 33.4 Å². The van der Waals surface area contributed by atoms with E-state index in [1.807, 2.05) is 0 Å². The summed E-state index contributed by atoms with van der Waals surface area (Å²) in [7, 11) is 0. The Balaban J connectivity index is 2.56. The number of alkyl halides is 2. The number of hydrogen-bond acceptors (Lipinski definition) is 4. The summed E-state index contributed by atoms with van der Waals surface area (Å²) < 4.78 is 5.43. The van der Waals surface area contributed by atoms with Crippen LogP contribution in [0.3, 0.4) is 0 Å². The van der Waals surface area contributed by atoms with Crippen LogP contribution in [0.1, 0.15) is 60.3 Å². The topological polar surface area (TPSA) is 63.6 Å². The second kappa shape index (κ2) is 6.44. The largest absolute Gasteiger partial charge is 0.459 e. The van der Waals surface area contributed by atoms with Crippen molar-refractivity contribution in [3.63, 3.8) is 0 Å². The molecule has 5 atom stereocenters. The second-order valence-electron chi connectivity index (χ2n) is 8.60. The fourth-order valence-corrected chi connectivity index (χ4v) is 5.76. The first kappa shape index (κ1) is 20.0. The van der Waals surface area contributed by atoms with E-state index in [1.165, 1.54) is 6.92 Å². The first-order valence-corrected chi connectivity index (χ1v) is 9.43. The summed E-state index contributed by atoms with van der Waals surface area (Å²) in [6.45, 7) is 9.30. The molecule has 0 spiro atoms. The molecule has 0 saturated heterocycles. The van der Waals surface area contributed by atoms with E-state index in [9.17, 15) is 14.7 Å². The molecule has 2 aliphatic carbocycles. The Morgan fingerprint density at radius 3 is 2.25 bits per heavy atom. The Bertz CT molecular complexity index is 529. The molecule has 0 heterocycles. The summed E-state index contributed by atoms with van der Waals surface area (Å²) in [6, 6.07) is 0. The lowest BCUT2D eigenvalue weighted by atomic mass is 9.44. The number of rotatable bonds is 3. The number of esters is 1. The van der Waals surface area contributed by atoms with Gasteiger partial charge in [-0.15, -0.1) is 0 Å². The standard InChI is InChI=1S/C18H28Cl2O4/c1-10(21)24-12-9-11-16(2,3)7-6-8-17(11,4)14(18(12,5)23)13(22)15(19)20/h11-12,14-15,23H,6-9H2,1-5H3/t11-,12+,14+,17-,18+/m0/s1. The second-order valence-corrected chi connectivity index (χ2v) is 9.69. The highest BCUT2D eigenvalue weighted by Gasteiger charge is 2.65. The monoisotopic (exact) mass is 378 g/mol. The average molecular weight is 379 g/mol. The molecular formula is C18H28Cl2O4. The Labute approximate surface area is 154 Å². The minimum atomic E-state index is -1.50. The molecule has 4 nitrogen and oxygen atoms in total. The van der Waals surface area contributed by atoms with Gasteiger partial charge >= 0.3 is 5.97 Å². The van der Waals surface area contributed by atoms with Crippen LogP contribution in [0, 0.1) is 22.7 Å². The highest BCUT2D eigenvalue weighted by atomic mass is 35.5. The predicted octanol–water partition coefficient (Wildman–Crippen LogP) is 3.89. The fourth-order valence-electron chi connectivity index (χ4n) is 5.51. The minimum Gasteiger partial charge on any atom is -0.459 e. The van der Waals surface area contributed by atoms with Crippen LogP contribution in [-0.2, 0) is 14.3 Å². The number of carbonyl (C=O) groups is 2. The average Bonchev–Trinajstić information content (AvgIpc) is 2.39. The number of fused-ring (bicyclic) bond motifs is 1. The van der Waals surface area contributed by atoms with E-state index in [-0.39, 0.29) is 17.1 Å². The number of halogens is 2. The molecule has 2 aliphatic rings. The van der Waals surface area contributed by atoms with Crippen molar-refractivity contribution >= 4 is 35.0 Å². The molecular weight excluding hydrogens is 351 g/mol. The van der Waals surface area contributed by atoms with Crippen molar-refractivity contribution in [1.29, 1.82) is 0 Å². The molecule has 1 N–H and O–H groups in total. The lowest BCUT2D eigenvalue weighted by molar-refractivity contribution is -0.226. The van der Waals surface area contributed by atoms with Crippen molar-refractivity contribution in [2.24, 2.45) is 22.7 Å². The third-order valence-corrected chi connectivity index (χ3v) is 6.86. The predicted molar refractivity (Wildman–Crippen MR) is 94.0 cm³/mol. The van der Waals surface area contributed by atoms with E-state index in [0.717, 1.165) is 19.3 Å². The summed E-state index contributed by atoms with van der Waals surface area (Å²) in [5, 5.41) is 11.2. The van der Waals surface area contributed by atoms with Crippen molar-refractivity contribution in [3.05, 3.63) is 0 Å². The number of carbonyl (C=O) groups excluding carboxylic acids is 2. The summed E-state index contributed by atoms with van der Waals surface area (Å²) in [5.74, 6) is -1.49. The van der Waals surface area contributed by atoms with Crippen LogP contribution in [0.25, 0.3) is 0 Å². The van der Waals surface area contributed by atoms with Gasteiger partial charge in [-0.3, -0.25) is 9.59 Å². The van der Waals surface area contributed by atoms with Crippen LogP contribution in [0.4, 0.5) is 0 Å². The van der Waals surface area contributed by atoms with Crippen LogP contribution in [0.2, 0.25) is 0 Å². The lowest BCUT2D eigenvalue weighted by Gasteiger charge is -2.62. The smallest absolute Gasteiger partial charge is 0.303 e. The summed E-state index contributed by atoms with van der Waals surface area (Å²) in [5.41, 5.74) is -1.95. The molecule has 2 saturated carbocycles. The van der Waals surface area contributed by atoms with E-state index in [4.69, 9.17) is 27.9 Å². The molecule has 0 radical (unpaired) electrons. The van der Waals surface area contributed by atoms with Gasteiger partial charge in [-0.1, -0.05) is 50.4 Å². The summed E-state index contributed by atoms with van der Waals surface area (Å²) in [6.07, 6.45) is 2.63. The highest BCUT2D eigenvalue weighted by Crippen LogP contribution is 2.62. The van der Waals surface area contributed by atoms with Gasteiger partial charge in [0, 0.05) is 6.92 Å². The SMILES string of the molecule is CC(=O)O[C@@H]1C[C@H]2C(C)(C)CCC[C@]2(C)[C@@H](C(=O)C(Cl)Cl)[C@]1(C)O. The minimum absolute atomic E-state index is 0.0193. The lowest BCUT2D eigenvalue weighted by Crippen LogP contribution is -2.66. The Morgan fingerprint density at radius 1 is 1.17 bits per heavy atom. The molecule has 24 heavy (non-hydrogen) atoms. The maximum Gasteiger partial charge on any atom is 0.303 e. The van der Waals surface area contributed by atoms with Crippen LogP contribution >= 0.6 is 23.2 Å². The van der Waals surface area contributed by atoms with E-state index in [2.05, 4.69) is 20.8 Å². The third-order valence-electron chi connectivity index (χ3n) is 6.43. The Hall–Kier alpha value is -0.320. The summed E-state index contributed by atoms with van der Waals surface area (Å²) in [4.78, 5) is 23.2. The number of aliphatic hydroxyl groups is 1. The zero-order valence-corrected chi connectivity index (χ0v) is 16.6. The van der Waals surface area contributed by atoms with Gasteiger partial charge in [0.25, 0.3) is 0 Å². The molecule has 0 aliphatic heterocycles. The molecule has 0 unspecified atom stereocenters. The Morgan fingerprint density at radius 2 is 1.75 bits per heavy atom. The van der Waals surface area contributed by atoms with Gasteiger partial charge < -0.3 is 9.84 Å². The normalized spacial score (nSPS) is 41.6. The van der Waals surface area contributed by atoms with E-state index in [1.54, 1.807) is 6.92 Å². The molecule has 0 aromatic heterocycles. The van der Waals surface area contributed by atoms with Crippen LogP contribution in [0.5, 0.6) is 0 Å². The van der Waals surface area contributed by atoms with Crippen molar-refractivity contribution in [2.45, 2.75) is 76.8 Å². The van der Waals surface area contributed by atoms with E-state index < -0.39 is 33.8 Å². The van der Waals surface area contributed by atoms with Gasteiger partial charge in [-0.05, 0) is 42.9 Å². The molecule has 0 aromatic rings. The van der Waals surface area contributed by atoms with Crippen LogP contribution in [0.15, 0.2) is 0 Å². The van der Waals surface area contributed by atoms with Gasteiger partial charge in [-0.2, -0.15) is 0 Å². The molecule has 0 amide bonds. The molecule has 2 rings (SSSR count). The Kier molecular flexibility index (Phi) is 5.37. The van der Waals surface area contributed by atoms with Crippen molar-refractivity contribution in [2.75, 3.05) is 0 Å². The molecule has 0 aromatic carbocycles. The van der Waals surface area contributed by atoms with Crippen molar-refractivity contribution in [1.82, 2.24) is 0 Å². The molecule has 0 bridgehead atoms. The summed E-state index contributed by atoms with van der Waals surface area (Å²) >= 11 is 11.8. The van der Waals surface area contributed by atoms with Gasteiger partial charge in [0.15, 0.2) is 10.6 Å². The number of ketones is 1. The van der Waals surface area contributed by atoms with Gasteiger partial charge in [0.2, 0.25) is 0 Å². The third kappa shape index (κ3) is 3.22. The maximum atomic E-state index is 12.9. The quantitative estimate of drug-likeness (QED) is 0.597. The first-order chi connectivity index (χ1) is 10.8. The first-order valence-electron chi connectivity index (χ1n) is 8.55. The van der Waals surface area contributed by atoms with E-state index in [0.29, 0.717) is 6.42 Å². The zero-order valence-electron chi connectivity index (χ0n) is 15.1. The number of hydrogen-bond donors (Lipinski definition) is 1. The molecule has 6 heteroatoms. The molecule has 2 fully saturated rings. The van der Waals surface area contributed by atoms with Crippen molar-refractivity contribution in [3.8, 4) is 0 Å². The number of ether oxygens (including phenoxy) is 1. The zero-order chi connectivity index (χ0) is 18.5. The fraction of sp³-hybridized carbons (Fsp3) is 0.889. The molecule has 138 valence electrons. The van der Waals surface area contributed by atoms with Crippen LogP contribution < -0.4 is 0 Å². The highest BCUT2D eigenvalue weighted by molar-refractivity contribution is 6.54.